The van der Waals surface area contributed by atoms with E-state index in [1.165, 1.54) is 5.39 Å². The van der Waals surface area contributed by atoms with Crippen molar-refractivity contribution in [3.63, 3.8) is 0 Å². The molecule has 0 radical (unpaired) electrons. The zero-order chi connectivity index (χ0) is 16.6. The van der Waals surface area contributed by atoms with Gasteiger partial charge >= 0.3 is 0 Å². The number of aromatic nitrogens is 1. The van der Waals surface area contributed by atoms with Crippen molar-refractivity contribution < 1.29 is 4.79 Å². The molecule has 0 atom stereocenters. The zero-order valence-electron chi connectivity index (χ0n) is 14.1. The molecular weight excluding hydrogens is 284 g/mol. The number of hydrogen-bond acceptors (Lipinski definition) is 1. The van der Waals surface area contributed by atoms with Crippen molar-refractivity contribution in [2.45, 2.75) is 33.7 Å². The fourth-order valence-corrected chi connectivity index (χ4v) is 3.27. The second-order valence-electron chi connectivity index (χ2n) is 6.26. The van der Waals surface area contributed by atoms with Gasteiger partial charge in [0.2, 0.25) is 0 Å². The maximum absolute atomic E-state index is 12.6. The molecule has 1 N–H and O–H groups in total. The maximum atomic E-state index is 12.6. The quantitative estimate of drug-likeness (QED) is 0.718. The van der Waals surface area contributed by atoms with Gasteiger partial charge in [0.05, 0.1) is 5.56 Å². The summed E-state index contributed by atoms with van der Waals surface area (Å²) in [6.45, 7) is 8.30. The Morgan fingerprint density at radius 2 is 1.70 bits per heavy atom. The molecular formula is C20H22N2O. The summed E-state index contributed by atoms with van der Waals surface area (Å²) in [5.41, 5.74) is 3.68. The lowest BCUT2D eigenvalue weighted by atomic mass is 10.1. The average molecular weight is 306 g/mol. The van der Waals surface area contributed by atoms with Gasteiger partial charge in [-0.2, -0.15) is 0 Å². The van der Waals surface area contributed by atoms with E-state index < -0.39 is 0 Å². The molecule has 2 aromatic carbocycles. The molecule has 0 unspecified atom stereocenters. The molecule has 0 saturated carbocycles. The Balaban J connectivity index is 1.90. The van der Waals surface area contributed by atoms with Crippen molar-refractivity contribution in [3.05, 3.63) is 65.5 Å². The number of nitrogens with zero attached hydrogens (tertiary/aromatic N) is 1. The SMILES string of the molecule is Cc1cc(C(=O)Nc2ccc3ccccc3c2)c(C)n1C(C)C. The minimum absolute atomic E-state index is 0.0553. The highest BCUT2D eigenvalue weighted by Gasteiger charge is 2.17. The molecule has 118 valence electrons. The van der Waals surface area contributed by atoms with Crippen LogP contribution in [0, 0.1) is 13.8 Å². The lowest BCUT2D eigenvalue weighted by Crippen LogP contribution is -2.13. The molecule has 23 heavy (non-hydrogen) atoms. The van der Waals surface area contributed by atoms with Crippen LogP contribution in [0.2, 0.25) is 0 Å². The fraction of sp³-hybridized carbons (Fsp3) is 0.250. The number of nitrogens with one attached hydrogen (secondary N) is 1. The summed E-state index contributed by atoms with van der Waals surface area (Å²) in [4.78, 5) is 12.6. The van der Waals surface area contributed by atoms with E-state index in [0.717, 1.165) is 28.0 Å². The van der Waals surface area contributed by atoms with Gasteiger partial charge in [-0.3, -0.25) is 4.79 Å². The van der Waals surface area contributed by atoms with Crippen molar-refractivity contribution >= 4 is 22.4 Å². The van der Waals surface area contributed by atoms with E-state index >= 15 is 0 Å². The summed E-state index contributed by atoms with van der Waals surface area (Å²) in [5.74, 6) is -0.0553. The molecule has 0 aliphatic carbocycles. The van der Waals surface area contributed by atoms with Gasteiger partial charge in [0.15, 0.2) is 0 Å². The van der Waals surface area contributed by atoms with Crippen molar-refractivity contribution in [2.24, 2.45) is 0 Å². The molecule has 1 amide bonds. The predicted molar refractivity (Wildman–Crippen MR) is 96.2 cm³/mol. The number of carbonyl (C=O) groups is 1. The molecule has 1 heterocycles. The summed E-state index contributed by atoms with van der Waals surface area (Å²) < 4.78 is 2.19. The molecule has 0 spiro atoms. The van der Waals surface area contributed by atoms with Gasteiger partial charge in [-0.1, -0.05) is 30.3 Å². The third-order valence-electron chi connectivity index (χ3n) is 4.25. The van der Waals surface area contributed by atoms with E-state index in [1.54, 1.807) is 0 Å². The third-order valence-corrected chi connectivity index (χ3v) is 4.25. The Morgan fingerprint density at radius 1 is 1.00 bits per heavy atom. The Morgan fingerprint density at radius 3 is 2.35 bits per heavy atom. The first-order valence-corrected chi connectivity index (χ1v) is 7.96. The molecule has 3 aromatic rings. The number of fused-ring (bicyclic) bond motifs is 1. The summed E-state index contributed by atoms with van der Waals surface area (Å²) in [6, 6.07) is 16.4. The van der Waals surface area contributed by atoms with Crippen LogP contribution in [0.25, 0.3) is 10.8 Å². The Hall–Kier alpha value is -2.55. The maximum Gasteiger partial charge on any atom is 0.257 e. The second-order valence-corrected chi connectivity index (χ2v) is 6.26. The van der Waals surface area contributed by atoms with Gasteiger partial charge in [-0.25, -0.2) is 0 Å². The van der Waals surface area contributed by atoms with Crippen LogP contribution >= 0.6 is 0 Å². The number of anilines is 1. The van der Waals surface area contributed by atoms with Crippen molar-refractivity contribution in [1.82, 2.24) is 4.57 Å². The van der Waals surface area contributed by atoms with E-state index in [2.05, 4.69) is 35.9 Å². The van der Waals surface area contributed by atoms with Gasteiger partial charge in [-0.15, -0.1) is 0 Å². The molecule has 3 rings (SSSR count). The molecule has 0 saturated heterocycles. The van der Waals surface area contributed by atoms with Crippen LogP contribution in [0.15, 0.2) is 48.5 Å². The van der Waals surface area contributed by atoms with Crippen LogP contribution in [0.3, 0.4) is 0 Å². The molecule has 3 nitrogen and oxygen atoms in total. The van der Waals surface area contributed by atoms with Gasteiger partial charge in [0.1, 0.15) is 0 Å². The van der Waals surface area contributed by atoms with E-state index in [0.29, 0.717) is 6.04 Å². The van der Waals surface area contributed by atoms with E-state index in [4.69, 9.17) is 0 Å². The second kappa shape index (κ2) is 5.92. The van der Waals surface area contributed by atoms with Crippen LogP contribution in [0.5, 0.6) is 0 Å². The molecule has 0 aliphatic heterocycles. The van der Waals surface area contributed by atoms with Gasteiger partial charge in [0.25, 0.3) is 5.91 Å². The molecule has 0 aliphatic rings. The molecule has 0 bridgehead atoms. The first-order valence-electron chi connectivity index (χ1n) is 7.96. The Labute approximate surface area is 136 Å². The topological polar surface area (TPSA) is 34.0 Å². The fourth-order valence-electron chi connectivity index (χ4n) is 3.27. The minimum atomic E-state index is -0.0553. The van der Waals surface area contributed by atoms with Crippen LogP contribution in [-0.4, -0.2) is 10.5 Å². The Kier molecular flexibility index (Phi) is 3.95. The standard InChI is InChI=1S/C20H22N2O/c1-13(2)22-14(3)11-19(15(22)4)20(23)21-18-10-9-16-7-5-6-8-17(16)12-18/h5-13H,1-4H3,(H,21,23). The van der Waals surface area contributed by atoms with Crippen LogP contribution in [0.4, 0.5) is 5.69 Å². The minimum Gasteiger partial charge on any atom is -0.346 e. The van der Waals surface area contributed by atoms with E-state index in [1.807, 2.05) is 50.2 Å². The zero-order valence-corrected chi connectivity index (χ0v) is 14.1. The molecule has 1 aromatic heterocycles. The van der Waals surface area contributed by atoms with E-state index in [-0.39, 0.29) is 5.91 Å². The lowest BCUT2D eigenvalue weighted by molar-refractivity contribution is 0.102. The first-order chi connectivity index (χ1) is 11.0. The first kappa shape index (κ1) is 15.3. The number of aryl methyl sites for hydroxylation is 1. The van der Waals surface area contributed by atoms with Crippen molar-refractivity contribution in [2.75, 3.05) is 5.32 Å². The summed E-state index contributed by atoms with van der Waals surface area (Å²) in [7, 11) is 0. The van der Waals surface area contributed by atoms with Gasteiger partial charge in [0, 0.05) is 23.1 Å². The molecule has 0 fully saturated rings. The number of benzene rings is 2. The van der Waals surface area contributed by atoms with E-state index in [9.17, 15) is 4.79 Å². The number of carbonyl (C=O) groups excluding carboxylic acids is 1. The lowest BCUT2D eigenvalue weighted by Gasteiger charge is -2.13. The summed E-state index contributed by atoms with van der Waals surface area (Å²) in [5, 5.41) is 5.31. The normalized spacial score (nSPS) is 11.2. The summed E-state index contributed by atoms with van der Waals surface area (Å²) in [6.07, 6.45) is 0. The number of amides is 1. The number of hydrogen-bond donors (Lipinski definition) is 1. The highest BCUT2D eigenvalue weighted by molar-refractivity contribution is 6.06. The monoisotopic (exact) mass is 306 g/mol. The van der Waals surface area contributed by atoms with Crippen LogP contribution < -0.4 is 5.32 Å². The predicted octanol–water partition coefficient (Wildman–Crippen LogP) is 5.09. The van der Waals surface area contributed by atoms with Crippen LogP contribution in [0.1, 0.15) is 41.6 Å². The smallest absolute Gasteiger partial charge is 0.257 e. The van der Waals surface area contributed by atoms with Crippen molar-refractivity contribution in [1.29, 1.82) is 0 Å². The number of rotatable bonds is 3. The average Bonchev–Trinajstić information content (AvgIpc) is 2.82. The van der Waals surface area contributed by atoms with Gasteiger partial charge < -0.3 is 9.88 Å². The molecule has 3 heteroatoms. The largest absolute Gasteiger partial charge is 0.346 e. The highest BCUT2D eigenvalue weighted by atomic mass is 16.1. The van der Waals surface area contributed by atoms with Gasteiger partial charge in [-0.05, 0) is 56.7 Å². The summed E-state index contributed by atoms with van der Waals surface area (Å²) >= 11 is 0. The van der Waals surface area contributed by atoms with Crippen LogP contribution in [-0.2, 0) is 0 Å². The third kappa shape index (κ3) is 2.87. The van der Waals surface area contributed by atoms with Crippen molar-refractivity contribution in [3.8, 4) is 0 Å². The Bertz CT molecular complexity index is 874. The highest BCUT2D eigenvalue weighted by Crippen LogP contribution is 2.23.